The van der Waals surface area contributed by atoms with Gasteiger partial charge in [0.05, 0.1) is 12.8 Å². The third-order valence-corrected chi connectivity index (χ3v) is 3.97. The maximum Gasteiger partial charge on any atom is 0.140 e. The first-order chi connectivity index (χ1) is 8.29. The lowest BCUT2D eigenvalue weighted by Crippen LogP contribution is -2.10. The second-order valence-corrected chi connectivity index (χ2v) is 4.93. The molecule has 2 unspecified atom stereocenters. The molecule has 3 rings (SSSR count). The molecule has 0 spiro atoms. The lowest BCUT2D eigenvalue weighted by atomic mass is 9.91. The number of pyridine rings is 1. The van der Waals surface area contributed by atoms with Crippen molar-refractivity contribution in [1.82, 2.24) is 10.3 Å². The molecule has 2 aliphatic rings. The predicted molar refractivity (Wildman–Crippen MR) is 68.0 cm³/mol. The lowest BCUT2D eigenvalue weighted by molar-refractivity contribution is 0.409. The molecular formula is C14H18N2O. The highest BCUT2D eigenvalue weighted by molar-refractivity contribution is 5.70. The van der Waals surface area contributed by atoms with E-state index in [1.165, 1.54) is 17.6 Å². The minimum absolute atomic E-state index is 0.671. The molecule has 1 saturated heterocycles. The molecule has 1 aromatic heterocycles. The van der Waals surface area contributed by atoms with Crippen LogP contribution in [0.1, 0.15) is 17.7 Å². The molecule has 3 heteroatoms. The van der Waals surface area contributed by atoms with Gasteiger partial charge in [-0.15, -0.1) is 0 Å². The predicted octanol–water partition coefficient (Wildman–Crippen LogP) is 2.02. The lowest BCUT2D eigenvalue weighted by Gasteiger charge is -2.14. The van der Waals surface area contributed by atoms with E-state index in [9.17, 15) is 0 Å². The minimum atomic E-state index is 0.671. The number of aryl methyl sites for hydroxylation is 1. The van der Waals surface area contributed by atoms with Gasteiger partial charge in [0.15, 0.2) is 0 Å². The summed E-state index contributed by atoms with van der Waals surface area (Å²) in [5.41, 5.74) is 3.63. The van der Waals surface area contributed by atoms with Gasteiger partial charge in [-0.1, -0.05) is 6.08 Å². The minimum Gasteiger partial charge on any atom is -0.495 e. The summed E-state index contributed by atoms with van der Waals surface area (Å²) < 4.78 is 5.35. The Bertz CT molecular complexity index is 467. The van der Waals surface area contributed by atoms with Gasteiger partial charge in [-0.3, -0.25) is 4.98 Å². The van der Waals surface area contributed by atoms with Crippen LogP contribution in [0.2, 0.25) is 0 Å². The molecule has 1 fully saturated rings. The van der Waals surface area contributed by atoms with Crippen LogP contribution in [0.3, 0.4) is 0 Å². The van der Waals surface area contributed by atoms with Crippen LogP contribution < -0.4 is 10.1 Å². The molecule has 90 valence electrons. The molecule has 0 radical (unpaired) electrons. The third kappa shape index (κ3) is 1.75. The molecule has 1 N–H and O–H groups in total. The number of hydrogen-bond donors (Lipinski definition) is 1. The second-order valence-electron chi connectivity index (χ2n) is 4.93. The molecular weight excluding hydrogens is 212 g/mol. The summed E-state index contributed by atoms with van der Waals surface area (Å²) in [6, 6.07) is 2.12. The number of nitrogens with zero attached hydrogens (tertiary/aromatic N) is 1. The number of methoxy groups -OCH3 is 1. The molecule has 1 aromatic rings. The summed E-state index contributed by atoms with van der Waals surface area (Å²) in [4.78, 5) is 4.42. The van der Waals surface area contributed by atoms with Gasteiger partial charge in [0, 0.05) is 18.7 Å². The first-order valence-electron chi connectivity index (χ1n) is 6.21. The number of fused-ring (bicyclic) bond motifs is 1. The van der Waals surface area contributed by atoms with E-state index in [0.29, 0.717) is 5.92 Å². The van der Waals surface area contributed by atoms with Crippen LogP contribution >= 0.6 is 0 Å². The zero-order chi connectivity index (χ0) is 11.8. The van der Waals surface area contributed by atoms with E-state index in [4.69, 9.17) is 4.74 Å². The van der Waals surface area contributed by atoms with Gasteiger partial charge < -0.3 is 10.1 Å². The number of hydrogen-bond acceptors (Lipinski definition) is 3. The molecule has 2 heterocycles. The van der Waals surface area contributed by atoms with Gasteiger partial charge in [0.2, 0.25) is 0 Å². The Kier molecular flexibility index (Phi) is 2.63. The van der Waals surface area contributed by atoms with Crippen LogP contribution in [0.4, 0.5) is 0 Å². The fraction of sp³-hybridized carbons (Fsp3) is 0.500. The fourth-order valence-electron chi connectivity index (χ4n) is 2.98. The van der Waals surface area contributed by atoms with Crippen LogP contribution in [0.15, 0.2) is 18.3 Å². The van der Waals surface area contributed by atoms with Gasteiger partial charge >= 0.3 is 0 Å². The van der Waals surface area contributed by atoms with Gasteiger partial charge in [-0.2, -0.15) is 0 Å². The molecule has 1 aliphatic carbocycles. The zero-order valence-corrected chi connectivity index (χ0v) is 10.4. The number of aromatic nitrogens is 1. The van der Waals surface area contributed by atoms with E-state index in [-0.39, 0.29) is 0 Å². The van der Waals surface area contributed by atoms with Crippen molar-refractivity contribution in [2.75, 3.05) is 20.2 Å². The van der Waals surface area contributed by atoms with E-state index in [1.54, 1.807) is 7.11 Å². The Morgan fingerprint density at radius 1 is 1.41 bits per heavy atom. The Balaban J connectivity index is 1.94. The van der Waals surface area contributed by atoms with Crippen molar-refractivity contribution in [3.63, 3.8) is 0 Å². The van der Waals surface area contributed by atoms with E-state index in [2.05, 4.69) is 22.4 Å². The number of rotatable bonds is 2. The molecule has 17 heavy (non-hydrogen) atoms. The van der Waals surface area contributed by atoms with Crippen molar-refractivity contribution in [2.24, 2.45) is 11.8 Å². The highest BCUT2D eigenvalue weighted by Crippen LogP contribution is 2.40. The summed E-state index contributed by atoms with van der Waals surface area (Å²) in [5.74, 6) is 2.35. The quantitative estimate of drug-likeness (QED) is 0.844. The normalized spacial score (nSPS) is 26.8. The average Bonchev–Trinajstić information content (AvgIpc) is 2.92. The van der Waals surface area contributed by atoms with E-state index >= 15 is 0 Å². The largest absolute Gasteiger partial charge is 0.495 e. The summed E-state index contributed by atoms with van der Waals surface area (Å²) in [5, 5.41) is 3.47. The Morgan fingerprint density at radius 3 is 3.12 bits per heavy atom. The van der Waals surface area contributed by atoms with Gasteiger partial charge in [-0.05, 0) is 43.0 Å². The van der Waals surface area contributed by atoms with Crippen LogP contribution in [0.5, 0.6) is 5.75 Å². The number of ether oxygens (including phenoxy) is 1. The number of nitrogens with one attached hydrogen (secondary N) is 1. The molecule has 0 bridgehead atoms. The Morgan fingerprint density at radius 2 is 2.29 bits per heavy atom. The number of allylic oxidation sites excluding steroid dienone is 1. The maximum absolute atomic E-state index is 5.35. The molecule has 0 aromatic carbocycles. The molecule has 3 nitrogen and oxygen atoms in total. The summed E-state index contributed by atoms with van der Waals surface area (Å²) in [6.45, 7) is 4.24. The Hall–Kier alpha value is -1.35. The van der Waals surface area contributed by atoms with Gasteiger partial charge in [-0.25, -0.2) is 0 Å². The topological polar surface area (TPSA) is 34.1 Å². The standard InChI is InChI=1S/C14H18N2O/c1-9-14(17-2)5-11(7-16-9)12-4-3-10-6-15-8-13(10)12/h4-5,7,10,13,15H,3,6,8H2,1-2H3. The van der Waals surface area contributed by atoms with Gasteiger partial charge in [0.1, 0.15) is 5.75 Å². The van der Waals surface area contributed by atoms with Crippen molar-refractivity contribution in [1.29, 1.82) is 0 Å². The fourth-order valence-corrected chi connectivity index (χ4v) is 2.98. The molecule has 2 atom stereocenters. The van der Waals surface area contributed by atoms with Crippen LogP contribution in [-0.4, -0.2) is 25.2 Å². The smallest absolute Gasteiger partial charge is 0.140 e. The highest BCUT2D eigenvalue weighted by Gasteiger charge is 2.34. The van der Waals surface area contributed by atoms with Crippen LogP contribution in [0.25, 0.3) is 5.57 Å². The van der Waals surface area contributed by atoms with Crippen molar-refractivity contribution < 1.29 is 4.74 Å². The average molecular weight is 230 g/mol. The highest BCUT2D eigenvalue weighted by atomic mass is 16.5. The Labute approximate surface area is 102 Å². The SMILES string of the molecule is COc1cc(C2=CCC3CNCC23)cnc1C. The zero-order valence-electron chi connectivity index (χ0n) is 10.4. The van der Waals surface area contributed by atoms with Crippen LogP contribution in [0, 0.1) is 18.8 Å². The van der Waals surface area contributed by atoms with Crippen molar-refractivity contribution in [3.8, 4) is 5.75 Å². The monoisotopic (exact) mass is 230 g/mol. The van der Waals surface area contributed by atoms with Crippen molar-refractivity contribution in [3.05, 3.63) is 29.6 Å². The summed E-state index contributed by atoms with van der Waals surface area (Å²) in [7, 11) is 1.71. The maximum atomic E-state index is 5.35. The summed E-state index contributed by atoms with van der Waals surface area (Å²) in [6.07, 6.45) is 5.55. The molecule has 0 saturated carbocycles. The summed E-state index contributed by atoms with van der Waals surface area (Å²) >= 11 is 0. The molecule has 0 amide bonds. The first kappa shape index (κ1) is 10.8. The van der Waals surface area contributed by atoms with E-state index in [0.717, 1.165) is 30.5 Å². The third-order valence-electron chi connectivity index (χ3n) is 3.97. The second kappa shape index (κ2) is 4.15. The van der Waals surface area contributed by atoms with Crippen molar-refractivity contribution in [2.45, 2.75) is 13.3 Å². The van der Waals surface area contributed by atoms with Gasteiger partial charge in [0.25, 0.3) is 0 Å². The molecule has 1 aliphatic heterocycles. The van der Waals surface area contributed by atoms with E-state index < -0.39 is 0 Å². The van der Waals surface area contributed by atoms with Crippen LogP contribution in [-0.2, 0) is 0 Å². The van der Waals surface area contributed by atoms with Crippen molar-refractivity contribution >= 4 is 5.57 Å². The van der Waals surface area contributed by atoms with E-state index in [1.807, 2.05) is 13.1 Å². The first-order valence-corrected chi connectivity index (χ1v) is 6.21.